The van der Waals surface area contributed by atoms with Crippen molar-refractivity contribution in [2.75, 3.05) is 0 Å². The van der Waals surface area contributed by atoms with Crippen LogP contribution in [0.15, 0.2) is 11.7 Å². The summed E-state index contributed by atoms with van der Waals surface area (Å²) in [6, 6.07) is 0. The van der Waals surface area contributed by atoms with Crippen LogP contribution in [0.2, 0.25) is 0 Å². The lowest BCUT2D eigenvalue weighted by atomic mass is 9.86. The molecule has 0 saturated carbocycles. The van der Waals surface area contributed by atoms with Gasteiger partial charge in [-0.05, 0) is 6.08 Å². The van der Waals surface area contributed by atoms with Crippen LogP contribution >= 0.6 is 0 Å². The van der Waals surface area contributed by atoms with E-state index in [9.17, 15) is 0 Å². The van der Waals surface area contributed by atoms with Crippen molar-refractivity contribution in [3.8, 4) is 0 Å². The van der Waals surface area contributed by atoms with Crippen LogP contribution in [0.4, 0.5) is 0 Å². The molecule has 0 aromatic carbocycles. The molecule has 44 valence electrons. The van der Waals surface area contributed by atoms with Crippen LogP contribution in [0.3, 0.4) is 0 Å². The van der Waals surface area contributed by atoms with Gasteiger partial charge >= 0.3 is 7.12 Å². The van der Waals surface area contributed by atoms with Crippen LogP contribution in [0.25, 0.3) is 0 Å². The number of rotatable bonds is 2. The van der Waals surface area contributed by atoms with Gasteiger partial charge in [-0.1, -0.05) is 0 Å². The van der Waals surface area contributed by atoms with E-state index in [1.165, 1.54) is 0 Å². The molecule has 0 atom stereocenters. The maximum Gasteiger partial charge on any atom is 0.505 e. The molecule has 0 fully saturated rings. The highest BCUT2D eigenvalue weighted by Crippen LogP contribution is 1.80. The molecule has 0 amide bonds. The van der Waals surface area contributed by atoms with Crippen LogP contribution in [0.1, 0.15) is 0 Å². The molecule has 5 heteroatoms. The maximum absolute atomic E-state index is 8.21. The van der Waals surface area contributed by atoms with E-state index in [0.717, 1.165) is 12.3 Å². The van der Waals surface area contributed by atoms with Crippen LogP contribution < -0.4 is 5.73 Å². The van der Waals surface area contributed by atoms with Crippen molar-refractivity contribution in [2.45, 2.75) is 0 Å². The summed E-state index contributed by atoms with van der Waals surface area (Å²) in [5, 5.41) is 22.8. The van der Waals surface area contributed by atoms with Gasteiger partial charge in [-0.2, -0.15) is 0 Å². The smallest absolute Gasteiger partial charge is 0.422 e. The molecule has 0 heterocycles. The second kappa shape index (κ2) is 3.23. The average molecular weight is 114 g/mol. The van der Waals surface area contributed by atoms with Crippen LogP contribution in [0, 0.1) is 5.41 Å². The third-order valence-electron chi connectivity index (χ3n) is 0.574. The first-order valence-corrected chi connectivity index (χ1v) is 2.00. The Morgan fingerprint density at radius 3 is 2.25 bits per heavy atom. The Balaban J connectivity index is 3.78. The summed E-state index contributed by atoms with van der Waals surface area (Å²) in [6.07, 6.45) is 1.99. The van der Waals surface area contributed by atoms with E-state index in [0.29, 0.717) is 0 Å². The first kappa shape index (κ1) is 7.19. The minimum Gasteiger partial charge on any atom is -0.422 e. The molecular formula is C3H7BN2O2. The highest BCUT2D eigenvalue weighted by molar-refractivity contribution is 6.50. The van der Waals surface area contributed by atoms with E-state index in [-0.39, 0.29) is 5.60 Å². The van der Waals surface area contributed by atoms with Crippen molar-refractivity contribution < 1.29 is 10.0 Å². The van der Waals surface area contributed by atoms with Crippen molar-refractivity contribution in [3.63, 3.8) is 0 Å². The van der Waals surface area contributed by atoms with E-state index in [1.807, 2.05) is 0 Å². The molecule has 0 unspecified atom stereocenters. The fourth-order valence-corrected chi connectivity index (χ4v) is 0.182. The predicted molar refractivity (Wildman–Crippen MR) is 31.2 cm³/mol. The SMILES string of the molecule is N=C/C=C(\N)B(O)O. The molecule has 0 aliphatic rings. The molecule has 0 aliphatic heterocycles. The molecule has 8 heavy (non-hydrogen) atoms. The van der Waals surface area contributed by atoms with E-state index < -0.39 is 7.12 Å². The van der Waals surface area contributed by atoms with E-state index in [1.54, 1.807) is 0 Å². The number of hydrogen-bond acceptors (Lipinski definition) is 4. The zero-order valence-electron chi connectivity index (χ0n) is 4.20. The number of hydrogen-bond donors (Lipinski definition) is 4. The van der Waals surface area contributed by atoms with Crippen molar-refractivity contribution in [1.82, 2.24) is 0 Å². The van der Waals surface area contributed by atoms with Crippen molar-refractivity contribution in [2.24, 2.45) is 5.73 Å². The van der Waals surface area contributed by atoms with Gasteiger partial charge < -0.3 is 21.2 Å². The van der Waals surface area contributed by atoms with Gasteiger partial charge in [0.25, 0.3) is 0 Å². The first-order chi connectivity index (χ1) is 3.68. The third-order valence-corrected chi connectivity index (χ3v) is 0.574. The number of nitrogens with two attached hydrogens (primary N) is 1. The molecule has 0 aromatic heterocycles. The Labute approximate surface area is 47.3 Å². The Morgan fingerprint density at radius 1 is 1.62 bits per heavy atom. The van der Waals surface area contributed by atoms with Crippen molar-refractivity contribution >= 4 is 13.3 Å². The Morgan fingerprint density at radius 2 is 2.12 bits per heavy atom. The molecule has 0 rings (SSSR count). The summed E-state index contributed by atoms with van der Waals surface area (Å²) in [5.41, 5.74) is 4.81. The van der Waals surface area contributed by atoms with Crippen LogP contribution in [0.5, 0.6) is 0 Å². The van der Waals surface area contributed by atoms with E-state index in [2.05, 4.69) is 0 Å². The topological polar surface area (TPSA) is 90.3 Å². The summed E-state index contributed by atoms with van der Waals surface area (Å²) in [7, 11) is -1.64. The van der Waals surface area contributed by atoms with Gasteiger partial charge in [0.05, 0.1) is 0 Å². The quantitative estimate of drug-likeness (QED) is 0.260. The fraction of sp³-hybridized carbons (Fsp3) is 0. The number of allylic oxidation sites excluding steroid dienone is 1. The lowest BCUT2D eigenvalue weighted by Crippen LogP contribution is -2.21. The van der Waals surface area contributed by atoms with Gasteiger partial charge in [0.15, 0.2) is 0 Å². The molecule has 0 saturated heterocycles. The molecule has 4 nitrogen and oxygen atoms in total. The minimum atomic E-state index is -1.64. The highest BCUT2D eigenvalue weighted by Gasteiger charge is 2.07. The molecular weight excluding hydrogens is 107 g/mol. The third kappa shape index (κ3) is 2.38. The predicted octanol–water partition coefficient (Wildman–Crippen LogP) is -1.51. The molecule has 5 N–H and O–H groups in total. The largest absolute Gasteiger partial charge is 0.505 e. The number of nitrogens with one attached hydrogen (secondary N) is 1. The molecule has 0 radical (unpaired) electrons. The summed E-state index contributed by atoms with van der Waals surface area (Å²) < 4.78 is 0. The lowest BCUT2D eigenvalue weighted by molar-refractivity contribution is 0.418. The Hall–Kier alpha value is -0.805. The summed E-state index contributed by atoms with van der Waals surface area (Å²) in [4.78, 5) is 0. The van der Waals surface area contributed by atoms with Gasteiger partial charge in [0.2, 0.25) is 0 Å². The van der Waals surface area contributed by atoms with Gasteiger partial charge in [0.1, 0.15) is 0 Å². The lowest BCUT2D eigenvalue weighted by Gasteiger charge is -1.92. The van der Waals surface area contributed by atoms with E-state index >= 15 is 0 Å². The standard InChI is InChI=1S/C3H7BN2O2/c5-2-1-3(6)4(7)8/h1-2,5,7-8H,6H2/b3-1-,5-2?. The second-order valence-corrected chi connectivity index (χ2v) is 1.21. The van der Waals surface area contributed by atoms with Crippen LogP contribution in [-0.2, 0) is 0 Å². The van der Waals surface area contributed by atoms with Crippen molar-refractivity contribution in [3.05, 3.63) is 11.7 Å². The molecule has 0 aromatic rings. The van der Waals surface area contributed by atoms with Crippen LogP contribution in [-0.4, -0.2) is 23.4 Å². The Bertz CT molecular complexity index is 112. The van der Waals surface area contributed by atoms with Gasteiger partial charge in [-0.25, -0.2) is 0 Å². The van der Waals surface area contributed by atoms with E-state index in [4.69, 9.17) is 21.2 Å². The summed E-state index contributed by atoms with van der Waals surface area (Å²) in [5.74, 6) is 0. The molecule has 0 bridgehead atoms. The summed E-state index contributed by atoms with van der Waals surface area (Å²) in [6.45, 7) is 0. The zero-order chi connectivity index (χ0) is 6.57. The van der Waals surface area contributed by atoms with Gasteiger partial charge in [-0.15, -0.1) is 0 Å². The normalized spacial score (nSPS) is 11.0. The van der Waals surface area contributed by atoms with Gasteiger partial charge in [0, 0.05) is 11.8 Å². The highest BCUT2D eigenvalue weighted by atomic mass is 16.4. The zero-order valence-corrected chi connectivity index (χ0v) is 4.20. The molecule has 0 spiro atoms. The molecule has 0 aliphatic carbocycles. The first-order valence-electron chi connectivity index (χ1n) is 2.00. The van der Waals surface area contributed by atoms with Gasteiger partial charge in [-0.3, -0.25) is 0 Å². The minimum absolute atomic E-state index is 0.125. The average Bonchev–Trinajstić information content (AvgIpc) is 1.67. The fourth-order valence-electron chi connectivity index (χ4n) is 0.182. The second-order valence-electron chi connectivity index (χ2n) is 1.21. The monoisotopic (exact) mass is 114 g/mol. The Kier molecular flexibility index (Phi) is 2.90. The van der Waals surface area contributed by atoms with Crippen molar-refractivity contribution in [1.29, 1.82) is 5.41 Å². The maximum atomic E-state index is 8.21. The summed E-state index contributed by atoms with van der Waals surface area (Å²) >= 11 is 0.